The fourth-order valence-electron chi connectivity index (χ4n) is 2.13. The van der Waals surface area contributed by atoms with Crippen LogP contribution < -0.4 is 0 Å². The van der Waals surface area contributed by atoms with E-state index in [1.54, 1.807) is 13.0 Å². The Kier molecular flexibility index (Phi) is 5.35. The molecule has 0 amide bonds. The molecule has 0 saturated carbocycles. The predicted octanol–water partition coefficient (Wildman–Crippen LogP) is 2.18. The highest BCUT2D eigenvalue weighted by atomic mass is 16.5. The van der Waals surface area contributed by atoms with Crippen LogP contribution in [0.2, 0.25) is 0 Å². The van der Waals surface area contributed by atoms with Crippen LogP contribution in [0.3, 0.4) is 0 Å². The Hall–Kier alpha value is -1.16. The highest BCUT2D eigenvalue weighted by Gasteiger charge is 2.30. The molecular weight excluding hydrogens is 220 g/mol. The Morgan fingerprint density at radius 3 is 2.65 bits per heavy atom. The van der Waals surface area contributed by atoms with Gasteiger partial charge < -0.3 is 9.84 Å². The number of allylic oxidation sites excluding steroid dienone is 2. The van der Waals surface area contributed by atoms with Crippen molar-refractivity contribution in [1.82, 2.24) is 0 Å². The van der Waals surface area contributed by atoms with Crippen LogP contribution in [0.1, 0.15) is 39.5 Å². The summed E-state index contributed by atoms with van der Waals surface area (Å²) < 4.78 is 5.69. The topological polar surface area (TPSA) is 63.6 Å². The Morgan fingerprint density at radius 1 is 1.35 bits per heavy atom. The zero-order chi connectivity index (χ0) is 12.8. The van der Waals surface area contributed by atoms with Gasteiger partial charge in [0.2, 0.25) is 0 Å². The van der Waals surface area contributed by atoms with Crippen LogP contribution in [0.5, 0.6) is 0 Å². The summed E-state index contributed by atoms with van der Waals surface area (Å²) in [5, 5.41) is 8.78. The van der Waals surface area contributed by atoms with Crippen molar-refractivity contribution in [3.63, 3.8) is 0 Å². The van der Waals surface area contributed by atoms with E-state index < -0.39 is 5.97 Å². The summed E-state index contributed by atoms with van der Waals surface area (Å²) in [6.45, 7) is 3.80. The van der Waals surface area contributed by atoms with E-state index in [-0.39, 0.29) is 30.3 Å². The molecule has 1 rings (SSSR count). The normalized spacial score (nSPS) is 29.4. The molecule has 4 heteroatoms. The SMILES string of the molecule is C/C=C/C(=O)C[C@H]1CC[C@H](C)[C@@H](CC(=O)O)O1. The minimum absolute atomic E-state index is 0.0233. The quantitative estimate of drug-likeness (QED) is 0.748. The molecule has 4 nitrogen and oxygen atoms in total. The molecule has 17 heavy (non-hydrogen) atoms. The summed E-state index contributed by atoms with van der Waals surface area (Å²) in [6.07, 6.45) is 4.99. The summed E-state index contributed by atoms with van der Waals surface area (Å²) in [4.78, 5) is 22.1. The van der Waals surface area contributed by atoms with Crippen molar-refractivity contribution < 1.29 is 19.4 Å². The Bertz CT molecular complexity index is 309. The van der Waals surface area contributed by atoms with Crippen molar-refractivity contribution in [3.05, 3.63) is 12.2 Å². The first-order valence-electron chi connectivity index (χ1n) is 6.05. The molecule has 0 aromatic rings. The van der Waals surface area contributed by atoms with Crippen molar-refractivity contribution in [1.29, 1.82) is 0 Å². The fraction of sp³-hybridized carbons (Fsp3) is 0.692. The molecule has 0 radical (unpaired) electrons. The molecule has 1 fully saturated rings. The molecule has 1 saturated heterocycles. The van der Waals surface area contributed by atoms with E-state index in [2.05, 4.69) is 0 Å². The van der Waals surface area contributed by atoms with Crippen LogP contribution in [0.25, 0.3) is 0 Å². The van der Waals surface area contributed by atoms with Gasteiger partial charge in [0, 0.05) is 6.42 Å². The van der Waals surface area contributed by atoms with Gasteiger partial charge in [-0.25, -0.2) is 0 Å². The first-order valence-corrected chi connectivity index (χ1v) is 6.05. The predicted molar refractivity (Wildman–Crippen MR) is 63.7 cm³/mol. The number of rotatable bonds is 5. The molecule has 1 N–H and O–H groups in total. The smallest absolute Gasteiger partial charge is 0.305 e. The van der Waals surface area contributed by atoms with Gasteiger partial charge in [0.25, 0.3) is 0 Å². The monoisotopic (exact) mass is 240 g/mol. The summed E-state index contributed by atoms with van der Waals surface area (Å²) >= 11 is 0. The Labute approximate surface area is 102 Å². The van der Waals surface area contributed by atoms with Crippen LogP contribution >= 0.6 is 0 Å². The van der Waals surface area contributed by atoms with Crippen molar-refractivity contribution in [2.24, 2.45) is 5.92 Å². The van der Waals surface area contributed by atoms with Crippen LogP contribution in [0.15, 0.2) is 12.2 Å². The molecule has 96 valence electrons. The second-order valence-electron chi connectivity index (χ2n) is 4.62. The van der Waals surface area contributed by atoms with Crippen LogP contribution in [0.4, 0.5) is 0 Å². The lowest BCUT2D eigenvalue weighted by atomic mass is 9.90. The van der Waals surface area contributed by atoms with Crippen molar-refractivity contribution in [2.75, 3.05) is 0 Å². The average molecular weight is 240 g/mol. The van der Waals surface area contributed by atoms with Gasteiger partial charge in [0.1, 0.15) is 0 Å². The molecule has 0 aromatic carbocycles. The van der Waals surface area contributed by atoms with Gasteiger partial charge >= 0.3 is 5.97 Å². The second-order valence-corrected chi connectivity index (χ2v) is 4.62. The van der Waals surface area contributed by atoms with Gasteiger partial charge in [-0.1, -0.05) is 13.0 Å². The molecule has 0 aromatic heterocycles. The number of hydrogen-bond acceptors (Lipinski definition) is 3. The second kappa shape index (κ2) is 6.55. The molecule has 0 bridgehead atoms. The number of ether oxygens (including phenoxy) is 1. The van der Waals surface area contributed by atoms with E-state index in [4.69, 9.17) is 9.84 Å². The van der Waals surface area contributed by atoms with Crippen molar-refractivity contribution in [2.45, 2.75) is 51.7 Å². The number of ketones is 1. The number of carboxylic acid groups (broad SMARTS) is 1. The summed E-state index contributed by atoms with van der Waals surface area (Å²) in [5.74, 6) is -0.553. The fourth-order valence-corrected chi connectivity index (χ4v) is 2.13. The third-order valence-corrected chi connectivity index (χ3v) is 3.10. The summed E-state index contributed by atoms with van der Waals surface area (Å²) in [7, 11) is 0. The molecule has 1 aliphatic heterocycles. The minimum atomic E-state index is -0.845. The lowest BCUT2D eigenvalue weighted by Crippen LogP contribution is -2.36. The molecule has 1 heterocycles. The van der Waals surface area contributed by atoms with Crippen molar-refractivity contribution in [3.8, 4) is 0 Å². The molecule has 3 atom stereocenters. The third kappa shape index (κ3) is 4.69. The maximum atomic E-state index is 11.4. The lowest BCUT2D eigenvalue weighted by molar-refractivity contribution is -0.147. The number of carbonyl (C=O) groups excluding carboxylic acids is 1. The summed E-state index contributed by atoms with van der Waals surface area (Å²) in [5.41, 5.74) is 0. The van der Waals surface area contributed by atoms with Crippen LogP contribution in [0, 0.1) is 5.92 Å². The number of hydrogen-bond donors (Lipinski definition) is 1. The first-order chi connectivity index (χ1) is 8.02. The van der Waals surface area contributed by atoms with E-state index in [1.807, 2.05) is 6.92 Å². The van der Waals surface area contributed by atoms with E-state index >= 15 is 0 Å². The molecule has 0 aliphatic carbocycles. The summed E-state index contributed by atoms with van der Waals surface area (Å²) in [6, 6.07) is 0. The Balaban J connectivity index is 2.48. The number of carbonyl (C=O) groups is 2. The zero-order valence-electron chi connectivity index (χ0n) is 10.4. The molecular formula is C13H20O4. The van der Waals surface area contributed by atoms with Gasteiger partial charge in [0.15, 0.2) is 5.78 Å². The van der Waals surface area contributed by atoms with Gasteiger partial charge in [-0.05, 0) is 31.8 Å². The van der Waals surface area contributed by atoms with Crippen LogP contribution in [-0.4, -0.2) is 29.1 Å². The Morgan fingerprint density at radius 2 is 2.06 bits per heavy atom. The van der Waals surface area contributed by atoms with E-state index in [1.165, 1.54) is 6.08 Å². The molecule has 0 spiro atoms. The largest absolute Gasteiger partial charge is 0.481 e. The van der Waals surface area contributed by atoms with Crippen LogP contribution in [-0.2, 0) is 14.3 Å². The first kappa shape index (κ1) is 13.9. The highest BCUT2D eigenvalue weighted by molar-refractivity contribution is 5.89. The third-order valence-electron chi connectivity index (χ3n) is 3.10. The zero-order valence-corrected chi connectivity index (χ0v) is 10.4. The van der Waals surface area contributed by atoms with Gasteiger partial charge in [0.05, 0.1) is 18.6 Å². The lowest BCUT2D eigenvalue weighted by Gasteiger charge is -2.33. The maximum absolute atomic E-state index is 11.4. The minimum Gasteiger partial charge on any atom is -0.481 e. The van der Waals surface area contributed by atoms with Crippen molar-refractivity contribution >= 4 is 11.8 Å². The van der Waals surface area contributed by atoms with E-state index in [0.29, 0.717) is 6.42 Å². The van der Waals surface area contributed by atoms with Gasteiger partial charge in [-0.2, -0.15) is 0 Å². The molecule has 1 aliphatic rings. The maximum Gasteiger partial charge on any atom is 0.305 e. The molecule has 0 unspecified atom stereocenters. The number of carboxylic acids is 1. The van der Waals surface area contributed by atoms with Gasteiger partial charge in [-0.3, -0.25) is 9.59 Å². The van der Waals surface area contributed by atoms with E-state index in [0.717, 1.165) is 12.8 Å². The highest BCUT2D eigenvalue weighted by Crippen LogP contribution is 2.28. The average Bonchev–Trinajstić information content (AvgIpc) is 2.22. The van der Waals surface area contributed by atoms with E-state index in [9.17, 15) is 9.59 Å². The standard InChI is InChI=1S/C13H20O4/c1-3-4-10(14)7-11-6-5-9(2)12(17-11)8-13(15)16/h3-4,9,11-12H,5-8H2,1-2H3,(H,15,16)/b4-3+/t9-,11+,12+/m0/s1. The number of aliphatic carboxylic acids is 1. The van der Waals surface area contributed by atoms with Gasteiger partial charge in [-0.15, -0.1) is 0 Å².